The van der Waals surface area contributed by atoms with Crippen molar-refractivity contribution in [2.45, 2.75) is 18.9 Å². The van der Waals surface area contributed by atoms with Gasteiger partial charge in [0, 0.05) is 19.3 Å². The first-order chi connectivity index (χ1) is 9.71. The van der Waals surface area contributed by atoms with Crippen LogP contribution in [0.2, 0.25) is 0 Å². The van der Waals surface area contributed by atoms with Gasteiger partial charge in [-0.15, -0.1) is 0 Å². The molecule has 1 aliphatic rings. The van der Waals surface area contributed by atoms with E-state index in [0.717, 1.165) is 31.6 Å². The van der Waals surface area contributed by atoms with Crippen LogP contribution in [-0.4, -0.2) is 34.5 Å². The van der Waals surface area contributed by atoms with Crippen LogP contribution >= 0.6 is 0 Å². The first-order valence-corrected chi connectivity index (χ1v) is 6.84. The van der Waals surface area contributed by atoms with E-state index in [4.69, 9.17) is 24.7 Å². The maximum Gasteiger partial charge on any atom is 0.203 e. The maximum atomic E-state index is 6.40. The molecule has 0 radical (unpaired) electrons. The number of methoxy groups -OCH3 is 3. The molecule has 2 rings (SSSR count). The normalized spacial score (nSPS) is 17.6. The van der Waals surface area contributed by atoms with E-state index in [1.807, 2.05) is 12.1 Å². The lowest BCUT2D eigenvalue weighted by Gasteiger charge is -2.28. The molecule has 1 atom stereocenters. The third kappa shape index (κ3) is 2.99. The van der Waals surface area contributed by atoms with Gasteiger partial charge in [-0.05, 0) is 36.5 Å². The van der Waals surface area contributed by atoms with E-state index in [1.54, 1.807) is 21.3 Å². The summed E-state index contributed by atoms with van der Waals surface area (Å²) in [5, 5.41) is 0. The van der Waals surface area contributed by atoms with Gasteiger partial charge < -0.3 is 24.7 Å². The topological polar surface area (TPSA) is 62.9 Å². The molecule has 1 aromatic rings. The zero-order chi connectivity index (χ0) is 14.5. The maximum absolute atomic E-state index is 6.40. The molecule has 1 heterocycles. The van der Waals surface area contributed by atoms with Gasteiger partial charge in [-0.25, -0.2) is 0 Å². The average molecular weight is 281 g/mol. The summed E-state index contributed by atoms with van der Waals surface area (Å²) in [6, 6.07) is 3.82. The molecule has 2 N–H and O–H groups in total. The van der Waals surface area contributed by atoms with Gasteiger partial charge in [0.05, 0.1) is 21.3 Å². The van der Waals surface area contributed by atoms with Crippen molar-refractivity contribution in [2.75, 3.05) is 34.5 Å². The standard InChI is InChI=1S/C15H23NO4/c1-17-12-8-11(9-13(18-2)15(12)19-3)14(16)10-4-6-20-7-5-10/h8-10,14H,4-7,16H2,1-3H3. The van der Waals surface area contributed by atoms with Crippen LogP contribution in [0.25, 0.3) is 0 Å². The van der Waals surface area contributed by atoms with Crippen molar-refractivity contribution in [3.05, 3.63) is 17.7 Å². The highest BCUT2D eigenvalue weighted by molar-refractivity contribution is 5.54. The molecule has 0 spiro atoms. The second-order valence-electron chi connectivity index (χ2n) is 4.93. The smallest absolute Gasteiger partial charge is 0.203 e. The Morgan fingerprint density at radius 2 is 1.60 bits per heavy atom. The summed E-state index contributed by atoms with van der Waals surface area (Å²) in [5.74, 6) is 2.30. The summed E-state index contributed by atoms with van der Waals surface area (Å²) in [6.07, 6.45) is 1.97. The monoisotopic (exact) mass is 281 g/mol. The first kappa shape index (κ1) is 14.9. The number of benzene rings is 1. The highest BCUT2D eigenvalue weighted by Gasteiger charge is 2.24. The van der Waals surface area contributed by atoms with Crippen LogP contribution in [0.15, 0.2) is 12.1 Å². The van der Waals surface area contributed by atoms with Crippen LogP contribution in [0.5, 0.6) is 17.2 Å². The van der Waals surface area contributed by atoms with Crippen molar-refractivity contribution in [2.24, 2.45) is 11.7 Å². The minimum atomic E-state index is -0.0485. The molecule has 5 heteroatoms. The lowest BCUT2D eigenvalue weighted by molar-refractivity contribution is 0.0583. The quantitative estimate of drug-likeness (QED) is 0.896. The van der Waals surface area contributed by atoms with E-state index < -0.39 is 0 Å². The van der Waals surface area contributed by atoms with Gasteiger partial charge in [0.25, 0.3) is 0 Å². The van der Waals surface area contributed by atoms with Gasteiger partial charge >= 0.3 is 0 Å². The Labute approximate surface area is 120 Å². The summed E-state index contributed by atoms with van der Waals surface area (Å²) in [7, 11) is 4.82. The Morgan fingerprint density at radius 1 is 1.05 bits per heavy atom. The van der Waals surface area contributed by atoms with E-state index in [2.05, 4.69) is 0 Å². The molecule has 1 aliphatic heterocycles. The second kappa shape index (κ2) is 6.81. The molecule has 1 saturated heterocycles. The fourth-order valence-electron chi connectivity index (χ4n) is 2.64. The van der Waals surface area contributed by atoms with Crippen LogP contribution < -0.4 is 19.9 Å². The number of ether oxygens (including phenoxy) is 4. The highest BCUT2D eigenvalue weighted by Crippen LogP contribution is 2.41. The molecule has 0 amide bonds. The molecule has 0 bridgehead atoms. The minimum Gasteiger partial charge on any atom is -0.493 e. The van der Waals surface area contributed by atoms with Crippen LogP contribution in [0.1, 0.15) is 24.4 Å². The molecule has 1 aromatic carbocycles. The van der Waals surface area contributed by atoms with Gasteiger partial charge in [-0.1, -0.05) is 0 Å². The predicted octanol–water partition coefficient (Wildman–Crippen LogP) is 2.14. The lowest BCUT2D eigenvalue weighted by Crippen LogP contribution is -2.27. The van der Waals surface area contributed by atoms with Crippen LogP contribution in [0.4, 0.5) is 0 Å². The molecule has 1 fully saturated rings. The third-order valence-electron chi connectivity index (χ3n) is 3.85. The molecule has 0 aliphatic carbocycles. The van der Waals surface area contributed by atoms with Crippen LogP contribution in [0, 0.1) is 5.92 Å². The van der Waals surface area contributed by atoms with Crippen LogP contribution in [-0.2, 0) is 4.74 Å². The van der Waals surface area contributed by atoms with Gasteiger partial charge in [0.2, 0.25) is 5.75 Å². The largest absolute Gasteiger partial charge is 0.493 e. The van der Waals surface area contributed by atoms with Crippen molar-refractivity contribution < 1.29 is 18.9 Å². The Bertz CT molecular complexity index is 418. The van der Waals surface area contributed by atoms with Crippen molar-refractivity contribution >= 4 is 0 Å². The molecule has 5 nitrogen and oxygen atoms in total. The van der Waals surface area contributed by atoms with Crippen LogP contribution in [0.3, 0.4) is 0 Å². The summed E-state index contributed by atoms with van der Waals surface area (Å²) in [6.45, 7) is 1.56. The van der Waals surface area contributed by atoms with Crippen molar-refractivity contribution in [3.63, 3.8) is 0 Å². The molecule has 1 unspecified atom stereocenters. The number of nitrogens with two attached hydrogens (primary N) is 1. The molecule has 20 heavy (non-hydrogen) atoms. The molecule has 0 saturated carbocycles. The fraction of sp³-hybridized carbons (Fsp3) is 0.600. The Balaban J connectivity index is 2.30. The SMILES string of the molecule is COc1cc(C(N)C2CCOCC2)cc(OC)c1OC. The third-order valence-corrected chi connectivity index (χ3v) is 3.85. The van der Waals surface area contributed by atoms with Gasteiger partial charge in [-0.2, -0.15) is 0 Å². The van der Waals surface area contributed by atoms with E-state index in [0.29, 0.717) is 23.2 Å². The van der Waals surface area contributed by atoms with E-state index in [9.17, 15) is 0 Å². The lowest BCUT2D eigenvalue weighted by atomic mass is 9.87. The molecular formula is C15H23NO4. The number of rotatable bonds is 5. The Kier molecular flexibility index (Phi) is 5.09. The summed E-state index contributed by atoms with van der Waals surface area (Å²) >= 11 is 0. The Hall–Kier alpha value is -1.46. The van der Waals surface area contributed by atoms with E-state index >= 15 is 0 Å². The zero-order valence-electron chi connectivity index (χ0n) is 12.3. The second-order valence-corrected chi connectivity index (χ2v) is 4.93. The number of hydrogen-bond acceptors (Lipinski definition) is 5. The summed E-state index contributed by atoms with van der Waals surface area (Å²) in [5.41, 5.74) is 7.41. The molecule has 112 valence electrons. The van der Waals surface area contributed by atoms with Crippen molar-refractivity contribution in [1.82, 2.24) is 0 Å². The zero-order valence-corrected chi connectivity index (χ0v) is 12.3. The highest BCUT2D eigenvalue weighted by atomic mass is 16.5. The van der Waals surface area contributed by atoms with E-state index in [1.165, 1.54) is 0 Å². The molecular weight excluding hydrogens is 258 g/mol. The molecule has 0 aromatic heterocycles. The van der Waals surface area contributed by atoms with Crippen molar-refractivity contribution in [3.8, 4) is 17.2 Å². The Morgan fingerprint density at radius 3 is 2.05 bits per heavy atom. The average Bonchev–Trinajstić information content (AvgIpc) is 2.53. The first-order valence-electron chi connectivity index (χ1n) is 6.84. The van der Waals surface area contributed by atoms with E-state index in [-0.39, 0.29) is 6.04 Å². The summed E-state index contributed by atoms with van der Waals surface area (Å²) < 4.78 is 21.5. The van der Waals surface area contributed by atoms with Crippen molar-refractivity contribution in [1.29, 1.82) is 0 Å². The van der Waals surface area contributed by atoms with Gasteiger partial charge in [0.15, 0.2) is 11.5 Å². The van der Waals surface area contributed by atoms with Gasteiger partial charge in [-0.3, -0.25) is 0 Å². The predicted molar refractivity (Wildman–Crippen MR) is 76.6 cm³/mol. The minimum absolute atomic E-state index is 0.0485. The summed E-state index contributed by atoms with van der Waals surface area (Å²) in [4.78, 5) is 0. The fourth-order valence-corrected chi connectivity index (χ4v) is 2.64. The van der Waals surface area contributed by atoms with Gasteiger partial charge in [0.1, 0.15) is 0 Å². The number of hydrogen-bond donors (Lipinski definition) is 1.